The van der Waals surface area contributed by atoms with Crippen LogP contribution < -0.4 is 5.32 Å². The van der Waals surface area contributed by atoms with E-state index in [1.165, 1.54) is 27.5 Å². The first kappa shape index (κ1) is 23.7. The highest BCUT2D eigenvalue weighted by Gasteiger charge is 2.34. The summed E-state index contributed by atoms with van der Waals surface area (Å²) >= 11 is 3.03. The maximum Gasteiger partial charge on any atom is 0.247 e. The van der Waals surface area contributed by atoms with E-state index in [1.807, 2.05) is 55.8 Å². The van der Waals surface area contributed by atoms with E-state index in [1.54, 1.807) is 29.4 Å². The van der Waals surface area contributed by atoms with Crippen molar-refractivity contribution in [1.29, 1.82) is 0 Å². The number of rotatable bonds is 8. The number of amides is 2. The van der Waals surface area contributed by atoms with Crippen LogP contribution in [0, 0.1) is 0 Å². The van der Waals surface area contributed by atoms with Crippen molar-refractivity contribution in [1.82, 2.24) is 35.4 Å². The SMILES string of the molecule is CC(C)(C)NC(=O)[C@H](c1ccncc1)N(Cc1cccs1)C(=O)Cn1nnc(-c2cccs2)n1. The predicted molar refractivity (Wildman–Crippen MR) is 131 cm³/mol. The lowest BCUT2D eigenvalue weighted by Gasteiger charge is -2.33. The van der Waals surface area contributed by atoms with Crippen LogP contribution in [0.4, 0.5) is 0 Å². The molecule has 11 heteroatoms. The van der Waals surface area contributed by atoms with E-state index in [0.717, 1.165) is 9.75 Å². The molecule has 0 aliphatic rings. The molecule has 0 aliphatic carbocycles. The molecule has 9 nitrogen and oxygen atoms in total. The first-order valence-electron chi connectivity index (χ1n) is 10.7. The maximum absolute atomic E-state index is 13.6. The Balaban J connectivity index is 1.66. The molecule has 0 saturated carbocycles. The van der Waals surface area contributed by atoms with E-state index in [9.17, 15) is 9.59 Å². The van der Waals surface area contributed by atoms with E-state index in [0.29, 0.717) is 11.4 Å². The van der Waals surface area contributed by atoms with Gasteiger partial charge in [0.2, 0.25) is 17.6 Å². The number of carbonyl (C=O) groups excluding carboxylic acids is 2. The topological polar surface area (TPSA) is 106 Å². The molecule has 176 valence electrons. The zero-order chi connectivity index (χ0) is 24.1. The Hall–Kier alpha value is -3.44. The first-order chi connectivity index (χ1) is 16.3. The Bertz CT molecular complexity index is 1220. The van der Waals surface area contributed by atoms with Gasteiger partial charge in [-0.05, 0) is 66.6 Å². The quantitative estimate of drug-likeness (QED) is 0.401. The van der Waals surface area contributed by atoms with Crippen molar-refractivity contribution in [3.05, 3.63) is 70.0 Å². The smallest absolute Gasteiger partial charge is 0.247 e. The van der Waals surface area contributed by atoms with Gasteiger partial charge in [-0.15, -0.1) is 32.9 Å². The molecule has 0 spiro atoms. The number of nitrogens with zero attached hydrogens (tertiary/aromatic N) is 6. The average Bonchev–Trinajstić information content (AvgIpc) is 3.55. The second kappa shape index (κ2) is 10.2. The number of tetrazole rings is 1. The van der Waals surface area contributed by atoms with Gasteiger partial charge in [0.25, 0.3) is 0 Å². The molecule has 0 saturated heterocycles. The summed E-state index contributed by atoms with van der Waals surface area (Å²) in [7, 11) is 0. The second-order valence-corrected chi connectivity index (χ2v) is 10.6. The summed E-state index contributed by atoms with van der Waals surface area (Å²) < 4.78 is 0. The maximum atomic E-state index is 13.6. The molecular formula is C23H25N7O2S2. The highest BCUT2D eigenvalue weighted by Crippen LogP contribution is 2.26. The van der Waals surface area contributed by atoms with Crippen molar-refractivity contribution < 1.29 is 9.59 Å². The van der Waals surface area contributed by atoms with Gasteiger partial charge >= 0.3 is 0 Å². The van der Waals surface area contributed by atoms with Gasteiger partial charge in [0.1, 0.15) is 12.6 Å². The fourth-order valence-corrected chi connectivity index (χ4v) is 4.73. The summed E-state index contributed by atoms with van der Waals surface area (Å²) in [6.45, 7) is 5.85. The molecule has 4 rings (SSSR count). The van der Waals surface area contributed by atoms with Crippen molar-refractivity contribution in [3.8, 4) is 10.7 Å². The van der Waals surface area contributed by atoms with Gasteiger partial charge in [-0.1, -0.05) is 12.1 Å². The van der Waals surface area contributed by atoms with Gasteiger partial charge in [-0.2, -0.15) is 4.80 Å². The summed E-state index contributed by atoms with van der Waals surface area (Å²) in [6.07, 6.45) is 3.24. The summed E-state index contributed by atoms with van der Waals surface area (Å²) in [5.74, 6) is -0.104. The van der Waals surface area contributed by atoms with Crippen molar-refractivity contribution in [2.75, 3.05) is 0 Å². The van der Waals surface area contributed by atoms with Crippen LogP contribution in [0.2, 0.25) is 0 Å². The van der Waals surface area contributed by atoms with Crippen LogP contribution in [0.15, 0.2) is 59.6 Å². The van der Waals surface area contributed by atoms with Gasteiger partial charge in [-0.3, -0.25) is 14.6 Å². The highest BCUT2D eigenvalue weighted by atomic mass is 32.1. The number of hydrogen-bond donors (Lipinski definition) is 1. The third-order valence-electron chi connectivity index (χ3n) is 4.78. The monoisotopic (exact) mass is 495 g/mol. The predicted octanol–water partition coefficient (Wildman–Crippen LogP) is 3.54. The molecule has 0 aromatic carbocycles. The lowest BCUT2D eigenvalue weighted by molar-refractivity contribution is -0.143. The van der Waals surface area contributed by atoms with Crippen LogP contribution in [0.5, 0.6) is 0 Å². The summed E-state index contributed by atoms with van der Waals surface area (Å²) in [6, 6.07) is 10.3. The average molecular weight is 496 g/mol. The molecule has 4 aromatic rings. The Labute approximate surface area is 205 Å². The number of nitrogens with one attached hydrogen (secondary N) is 1. The highest BCUT2D eigenvalue weighted by molar-refractivity contribution is 7.13. The minimum atomic E-state index is -0.850. The molecule has 0 fully saturated rings. The number of carbonyl (C=O) groups is 2. The van der Waals surface area contributed by atoms with Gasteiger partial charge in [0.05, 0.1) is 11.4 Å². The van der Waals surface area contributed by atoms with Gasteiger partial charge in [0.15, 0.2) is 0 Å². The normalized spacial score (nSPS) is 12.3. The van der Waals surface area contributed by atoms with Gasteiger partial charge in [-0.25, -0.2) is 0 Å². The zero-order valence-corrected chi connectivity index (χ0v) is 20.7. The number of pyridine rings is 1. The molecule has 0 aliphatic heterocycles. The van der Waals surface area contributed by atoms with Crippen molar-refractivity contribution in [2.24, 2.45) is 0 Å². The number of hydrogen-bond acceptors (Lipinski definition) is 8. The third-order valence-corrected chi connectivity index (χ3v) is 6.50. The second-order valence-electron chi connectivity index (χ2n) is 8.64. The molecular weight excluding hydrogens is 470 g/mol. The molecule has 0 bridgehead atoms. The Kier molecular flexibility index (Phi) is 7.13. The van der Waals surface area contributed by atoms with Crippen LogP contribution in [-0.4, -0.2) is 47.4 Å². The summed E-state index contributed by atoms with van der Waals surface area (Å²) in [5, 5.41) is 19.4. The van der Waals surface area contributed by atoms with E-state index in [2.05, 4.69) is 25.7 Å². The molecule has 2 amide bonds. The van der Waals surface area contributed by atoms with Crippen LogP contribution in [0.3, 0.4) is 0 Å². The molecule has 1 N–H and O–H groups in total. The summed E-state index contributed by atoms with van der Waals surface area (Å²) in [5.41, 5.74) is 0.204. The van der Waals surface area contributed by atoms with E-state index in [-0.39, 0.29) is 24.9 Å². The first-order valence-corrected chi connectivity index (χ1v) is 12.4. The number of aromatic nitrogens is 5. The summed E-state index contributed by atoms with van der Waals surface area (Å²) in [4.78, 5) is 35.8. The Morgan fingerprint density at radius 2 is 1.82 bits per heavy atom. The zero-order valence-electron chi connectivity index (χ0n) is 19.1. The molecule has 0 unspecified atom stereocenters. The number of thiophene rings is 2. The lowest BCUT2D eigenvalue weighted by atomic mass is 10.0. The van der Waals surface area contributed by atoms with Crippen molar-refractivity contribution in [3.63, 3.8) is 0 Å². The van der Waals surface area contributed by atoms with Crippen LogP contribution in [-0.2, 0) is 22.7 Å². The van der Waals surface area contributed by atoms with E-state index in [4.69, 9.17) is 0 Å². The Morgan fingerprint density at radius 1 is 1.09 bits per heavy atom. The fourth-order valence-electron chi connectivity index (χ4n) is 3.38. The molecule has 4 aromatic heterocycles. The minimum Gasteiger partial charge on any atom is -0.349 e. The lowest BCUT2D eigenvalue weighted by Crippen LogP contribution is -2.49. The van der Waals surface area contributed by atoms with Crippen LogP contribution in [0.1, 0.15) is 37.3 Å². The van der Waals surface area contributed by atoms with Gasteiger partial charge < -0.3 is 10.2 Å². The molecule has 1 atom stereocenters. The molecule has 34 heavy (non-hydrogen) atoms. The fraction of sp³-hybridized carbons (Fsp3) is 0.304. The molecule has 4 heterocycles. The minimum absolute atomic E-state index is 0.145. The standard InChI is InChI=1S/C23H25N7O2S2/c1-23(2,3)25-22(32)20(16-8-10-24-11-9-16)29(14-17-6-4-12-33-17)19(31)15-30-27-21(26-28-30)18-7-5-13-34-18/h4-13,20H,14-15H2,1-3H3,(H,25,32)/t20-/m0/s1. The van der Waals surface area contributed by atoms with E-state index >= 15 is 0 Å². The third kappa shape index (κ3) is 5.91. The van der Waals surface area contributed by atoms with Crippen LogP contribution >= 0.6 is 22.7 Å². The van der Waals surface area contributed by atoms with Crippen molar-refractivity contribution >= 4 is 34.5 Å². The van der Waals surface area contributed by atoms with Crippen molar-refractivity contribution in [2.45, 2.75) is 45.4 Å². The largest absolute Gasteiger partial charge is 0.349 e. The van der Waals surface area contributed by atoms with Gasteiger partial charge in [0, 0.05) is 22.8 Å². The van der Waals surface area contributed by atoms with E-state index < -0.39 is 11.6 Å². The Morgan fingerprint density at radius 3 is 2.47 bits per heavy atom. The van der Waals surface area contributed by atoms with Crippen LogP contribution in [0.25, 0.3) is 10.7 Å². The molecule has 0 radical (unpaired) electrons.